The van der Waals surface area contributed by atoms with Crippen LogP contribution < -0.4 is 26.1 Å². The van der Waals surface area contributed by atoms with Gasteiger partial charge in [-0.3, -0.25) is 9.79 Å². The Labute approximate surface area is 125 Å². The van der Waals surface area contributed by atoms with E-state index in [4.69, 9.17) is 16.2 Å². The van der Waals surface area contributed by atoms with Crippen molar-refractivity contribution in [2.45, 2.75) is 26.3 Å². The molecule has 5 N–H and O–H groups in total. The number of amides is 1. The van der Waals surface area contributed by atoms with Gasteiger partial charge in [0.05, 0.1) is 19.6 Å². The number of aliphatic imine (C=N–C) groups is 1. The normalized spacial score (nSPS) is 9.95. The van der Waals surface area contributed by atoms with E-state index in [0.717, 1.165) is 18.7 Å². The van der Waals surface area contributed by atoms with E-state index in [1.54, 1.807) is 0 Å². The van der Waals surface area contributed by atoms with E-state index in [1.807, 2.05) is 24.5 Å². The standard InChI is InChI=1S/C14H23N5O2/c1-2-8-19-9-3-12(4-10-19)21-11-5-13(20)17-6-7-18-14(15)16/h3-4,9-10H,2,5-8,11H2,1H3,(H4-,15,16,17,18,20)/p+1. The van der Waals surface area contributed by atoms with Crippen molar-refractivity contribution in [2.24, 2.45) is 16.5 Å². The second-order valence-electron chi connectivity index (χ2n) is 4.53. The topological polar surface area (TPSA) is 107 Å². The van der Waals surface area contributed by atoms with Crippen molar-refractivity contribution < 1.29 is 14.1 Å². The van der Waals surface area contributed by atoms with Gasteiger partial charge in [0.1, 0.15) is 12.3 Å². The first-order valence-corrected chi connectivity index (χ1v) is 7.05. The van der Waals surface area contributed by atoms with Crippen LogP contribution in [0.4, 0.5) is 0 Å². The van der Waals surface area contributed by atoms with Gasteiger partial charge in [0.25, 0.3) is 0 Å². The number of aryl methyl sites for hydroxylation is 1. The molecule has 0 fully saturated rings. The van der Waals surface area contributed by atoms with Gasteiger partial charge in [-0.1, -0.05) is 6.92 Å². The maximum atomic E-state index is 11.5. The van der Waals surface area contributed by atoms with Crippen molar-refractivity contribution in [3.8, 4) is 5.75 Å². The van der Waals surface area contributed by atoms with E-state index < -0.39 is 0 Å². The summed E-state index contributed by atoms with van der Waals surface area (Å²) in [5.74, 6) is 0.699. The molecule has 0 bridgehead atoms. The number of nitrogens with zero attached hydrogens (tertiary/aromatic N) is 2. The Morgan fingerprint density at radius 1 is 1.38 bits per heavy atom. The molecule has 21 heavy (non-hydrogen) atoms. The fourth-order valence-corrected chi connectivity index (χ4v) is 1.68. The van der Waals surface area contributed by atoms with Crippen molar-refractivity contribution in [1.82, 2.24) is 5.32 Å². The van der Waals surface area contributed by atoms with Gasteiger partial charge in [-0.2, -0.15) is 0 Å². The van der Waals surface area contributed by atoms with E-state index in [0.29, 0.717) is 26.1 Å². The van der Waals surface area contributed by atoms with Gasteiger partial charge in [0, 0.05) is 25.1 Å². The average molecular weight is 294 g/mol. The van der Waals surface area contributed by atoms with Crippen LogP contribution in [0.25, 0.3) is 0 Å². The Morgan fingerprint density at radius 3 is 2.71 bits per heavy atom. The van der Waals surface area contributed by atoms with Crippen LogP contribution in [-0.2, 0) is 11.3 Å². The summed E-state index contributed by atoms with van der Waals surface area (Å²) in [5.41, 5.74) is 10.4. The third-order valence-corrected chi connectivity index (χ3v) is 2.67. The quantitative estimate of drug-likeness (QED) is 0.248. The molecular formula is C14H24N5O2+. The minimum absolute atomic E-state index is 0.0250. The lowest BCUT2D eigenvalue weighted by molar-refractivity contribution is -0.697. The van der Waals surface area contributed by atoms with Crippen LogP contribution in [-0.4, -0.2) is 31.6 Å². The van der Waals surface area contributed by atoms with E-state index in [1.165, 1.54) is 0 Å². The fourth-order valence-electron chi connectivity index (χ4n) is 1.68. The van der Waals surface area contributed by atoms with Crippen LogP contribution in [0.2, 0.25) is 0 Å². The zero-order chi connectivity index (χ0) is 15.5. The van der Waals surface area contributed by atoms with E-state index in [2.05, 4.69) is 21.8 Å². The first-order valence-electron chi connectivity index (χ1n) is 7.05. The number of nitrogens with one attached hydrogen (secondary N) is 1. The predicted octanol–water partition coefficient (Wildman–Crippen LogP) is -0.457. The molecule has 0 atom stereocenters. The van der Waals surface area contributed by atoms with Crippen molar-refractivity contribution in [2.75, 3.05) is 19.7 Å². The Hall–Kier alpha value is -2.31. The highest BCUT2D eigenvalue weighted by atomic mass is 16.5. The lowest BCUT2D eigenvalue weighted by atomic mass is 10.4. The monoisotopic (exact) mass is 294 g/mol. The van der Waals surface area contributed by atoms with E-state index in [-0.39, 0.29) is 11.9 Å². The van der Waals surface area contributed by atoms with Crippen LogP contribution in [0.1, 0.15) is 19.8 Å². The predicted molar refractivity (Wildman–Crippen MR) is 80.7 cm³/mol. The Kier molecular flexibility index (Phi) is 7.63. The van der Waals surface area contributed by atoms with Gasteiger partial charge in [0.2, 0.25) is 5.91 Å². The van der Waals surface area contributed by atoms with Crippen molar-refractivity contribution in [3.05, 3.63) is 24.5 Å². The fraction of sp³-hybridized carbons (Fsp3) is 0.500. The zero-order valence-corrected chi connectivity index (χ0v) is 12.4. The molecule has 0 spiro atoms. The maximum absolute atomic E-state index is 11.5. The smallest absolute Gasteiger partial charge is 0.223 e. The van der Waals surface area contributed by atoms with E-state index in [9.17, 15) is 4.79 Å². The second kappa shape index (κ2) is 9.57. The van der Waals surface area contributed by atoms with Gasteiger partial charge < -0.3 is 21.5 Å². The van der Waals surface area contributed by atoms with Crippen LogP contribution >= 0.6 is 0 Å². The molecule has 0 radical (unpaired) electrons. The summed E-state index contributed by atoms with van der Waals surface area (Å²) in [7, 11) is 0. The summed E-state index contributed by atoms with van der Waals surface area (Å²) >= 11 is 0. The summed E-state index contributed by atoms with van der Waals surface area (Å²) in [6, 6.07) is 3.79. The molecule has 0 aliphatic rings. The minimum Gasteiger partial charge on any atom is -0.493 e. The number of carbonyl (C=O) groups excluding carboxylic acids is 1. The van der Waals surface area contributed by atoms with E-state index >= 15 is 0 Å². The van der Waals surface area contributed by atoms with Crippen LogP contribution in [0.5, 0.6) is 5.75 Å². The van der Waals surface area contributed by atoms with Crippen LogP contribution in [0.3, 0.4) is 0 Å². The molecule has 0 aliphatic heterocycles. The maximum Gasteiger partial charge on any atom is 0.223 e. The summed E-state index contributed by atoms with van der Waals surface area (Å²) < 4.78 is 7.60. The third kappa shape index (κ3) is 7.76. The highest BCUT2D eigenvalue weighted by molar-refractivity contribution is 5.76. The highest BCUT2D eigenvalue weighted by Crippen LogP contribution is 2.06. The first kappa shape index (κ1) is 16.7. The SMILES string of the molecule is CCC[n+]1ccc(OCCC(=O)NCCN=C(N)N)cc1. The molecule has 0 saturated carbocycles. The Morgan fingerprint density at radius 2 is 2.10 bits per heavy atom. The molecular weight excluding hydrogens is 270 g/mol. The summed E-state index contributed by atoms with van der Waals surface area (Å²) in [5, 5.41) is 2.71. The second-order valence-corrected chi connectivity index (χ2v) is 4.53. The molecule has 1 heterocycles. The zero-order valence-electron chi connectivity index (χ0n) is 12.4. The number of nitrogens with two attached hydrogens (primary N) is 2. The molecule has 116 valence electrons. The molecule has 0 aromatic carbocycles. The largest absolute Gasteiger partial charge is 0.493 e. The van der Waals surface area contributed by atoms with Crippen molar-refractivity contribution >= 4 is 11.9 Å². The molecule has 1 aromatic rings. The van der Waals surface area contributed by atoms with Crippen LogP contribution in [0.15, 0.2) is 29.5 Å². The lowest BCUT2D eigenvalue weighted by Crippen LogP contribution is -2.32. The molecule has 7 heteroatoms. The number of carbonyl (C=O) groups is 1. The molecule has 1 rings (SSSR count). The minimum atomic E-state index is -0.0854. The number of guanidine groups is 1. The van der Waals surface area contributed by atoms with Crippen LogP contribution in [0, 0.1) is 0 Å². The first-order chi connectivity index (χ1) is 10.1. The number of pyridine rings is 1. The molecule has 0 saturated heterocycles. The molecule has 1 aromatic heterocycles. The van der Waals surface area contributed by atoms with Gasteiger partial charge >= 0.3 is 0 Å². The van der Waals surface area contributed by atoms with Crippen molar-refractivity contribution in [1.29, 1.82) is 0 Å². The Bertz CT molecular complexity index is 455. The number of hydrogen-bond donors (Lipinski definition) is 3. The molecule has 1 amide bonds. The number of ether oxygens (including phenoxy) is 1. The van der Waals surface area contributed by atoms with Gasteiger partial charge in [0.15, 0.2) is 18.4 Å². The van der Waals surface area contributed by atoms with Gasteiger partial charge in [-0.15, -0.1) is 0 Å². The molecule has 0 unspecified atom stereocenters. The van der Waals surface area contributed by atoms with Gasteiger partial charge in [-0.25, -0.2) is 4.57 Å². The summed E-state index contributed by atoms with van der Waals surface area (Å²) in [4.78, 5) is 15.3. The summed E-state index contributed by atoms with van der Waals surface area (Å²) in [6.45, 7) is 4.25. The molecule has 0 aliphatic carbocycles. The number of aromatic nitrogens is 1. The number of hydrogen-bond acceptors (Lipinski definition) is 3. The number of rotatable bonds is 9. The Balaban J connectivity index is 2.17. The molecule has 7 nitrogen and oxygen atoms in total. The summed E-state index contributed by atoms with van der Waals surface area (Å²) in [6.07, 6.45) is 5.32. The highest BCUT2D eigenvalue weighted by Gasteiger charge is 2.03. The third-order valence-electron chi connectivity index (χ3n) is 2.67. The lowest BCUT2D eigenvalue weighted by Gasteiger charge is -2.06. The van der Waals surface area contributed by atoms with Crippen molar-refractivity contribution in [3.63, 3.8) is 0 Å². The average Bonchev–Trinajstić information content (AvgIpc) is 2.46. The van der Waals surface area contributed by atoms with Gasteiger partial charge in [-0.05, 0) is 0 Å².